The molecule has 2 nitrogen and oxygen atoms in total. The van der Waals surface area contributed by atoms with E-state index in [2.05, 4.69) is 0 Å². The molecule has 42 valence electrons. The highest BCUT2D eigenvalue weighted by molar-refractivity contribution is 5.52. The van der Waals surface area contributed by atoms with E-state index in [1.807, 2.05) is 13.0 Å². The van der Waals surface area contributed by atoms with Crippen molar-refractivity contribution in [3.8, 4) is 0 Å². The molecule has 1 rings (SSSR count). The third-order valence-electron chi connectivity index (χ3n) is 0.984. The standard InChI is InChI=1S/C6H7NO/c1-6-2-3-7(4-6)5-8/h2-5H,1H3. The molecule has 0 saturated carbocycles. The Morgan fingerprint density at radius 2 is 2.50 bits per heavy atom. The minimum absolute atomic E-state index is 0.771. The molecule has 0 unspecified atom stereocenters. The second-order valence-corrected chi connectivity index (χ2v) is 1.74. The number of aryl methyl sites for hydroxylation is 1. The molecule has 0 aliphatic heterocycles. The number of hydrogen-bond acceptors (Lipinski definition) is 1. The van der Waals surface area contributed by atoms with Crippen molar-refractivity contribution in [2.45, 2.75) is 6.92 Å². The Morgan fingerprint density at radius 3 is 2.75 bits per heavy atom. The highest BCUT2D eigenvalue weighted by Gasteiger charge is 1.84. The maximum absolute atomic E-state index is 9.98. The fraction of sp³-hybridized carbons (Fsp3) is 0.167. The van der Waals surface area contributed by atoms with Crippen LogP contribution in [0.25, 0.3) is 0 Å². The molecule has 0 atom stereocenters. The van der Waals surface area contributed by atoms with Crippen molar-refractivity contribution in [1.82, 2.24) is 4.57 Å². The highest BCUT2D eigenvalue weighted by Crippen LogP contribution is 1.93. The van der Waals surface area contributed by atoms with Gasteiger partial charge in [-0.1, -0.05) is 0 Å². The molecule has 2 heteroatoms. The van der Waals surface area contributed by atoms with Crippen molar-refractivity contribution in [3.63, 3.8) is 0 Å². The van der Waals surface area contributed by atoms with Crippen LogP contribution < -0.4 is 0 Å². The fourth-order valence-corrected chi connectivity index (χ4v) is 0.590. The van der Waals surface area contributed by atoms with Crippen LogP contribution in [0.5, 0.6) is 0 Å². The van der Waals surface area contributed by atoms with Crippen LogP contribution in [0.1, 0.15) is 5.56 Å². The van der Waals surface area contributed by atoms with Crippen LogP contribution in [-0.4, -0.2) is 11.0 Å². The average molecular weight is 109 g/mol. The van der Waals surface area contributed by atoms with Gasteiger partial charge in [0.05, 0.1) is 0 Å². The summed E-state index contributed by atoms with van der Waals surface area (Å²) in [5, 5.41) is 0. The molecule has 0 aromatic carbocycles. The predicted octanol–water partition coefficient (Wildman–Crippen LogP) is 0.835. The number of aromatic nitrogens is 1. The molecular formula is C6H7NO. The van der Waals surface area contributed by atoms with Gasteiger partial charge < -0.3 is 0 Å². The summed E-state index contributed by atoms with van der Waals surface area (Å²) in [5.41, 5.74) is 1.11. The molecule has 0 spiro atoms. The summed E-state index contributed by atoms with van der Waals surface area (Å²) in [6.45, 7) is 1.94. The van der Waals surface area contributed by atoms with Gasteiger partial charge in [0.15, 0.2) is 0 Å². The van der Waals surface area contributed by atoms with Crippen molar-refractivity contribution in [2.75, 3.05) is 0 Å². The van der Waals surface area contributed by atoms with Crippen molar-refractivity contribution in [3.05, 3.63) is 24.0 Å². The molecule has 0 N–H and O–H groups in total. The number of carbonyl (C=O) groups is 1. The maximum atomic E-state index is 9.98. The van der Waals surface area contributed by atoms with E-state index in [4.69, 9.17) is 0 Å². The number of carbonyl (C=O) groups excluding carboxylic acids is 1. The Bertz CT molecular complexity index is 190. The van der Waals surface area contributed by atoms with E-state index in [0.29, 0.717) is 0 Å². The highest BCUT2D eigenvalue weighted by atomic mass is 16.1. The monoisotopic (exact) mass is 109 g/mol. The smallest absolute Gasteiger partial charge is 0.217 e. The van der Waals surface area contributed by atoms with E-state index in [9.17, 15) is 4.79 Å². The quantitative estimate of drug-likeness (QED) is 0.490. The first-order chi connectivity index (χ1) is 3.83. The Hall–Kier alpha value is -1.05. The zero-order chi connectivity index (χ0) is 5.98. The Kier molecular flexibility index (Phi) is 1.16. The molecule has 1 heterocycles. The summed E-state index contributed by atoms with van der Waals surface area (Å²) in [4.78, 5) is 9.98. The fourth-order valence-electron chi connectivity index (χ4n) is 0.590. The molecule has 0 fully saturated rings. The summed E-state index contributed by atoms with van der Waals surface area (Å²) < 4.78 is 1.48. The summed E-state index contributed by atoms with van der Waals surface area (Å²) in [6.07, 6.45) is 4.27. The lowest BCUT2D eigenvalue weighted by Crippen LogP contribution is -1.86. The summed E-state index contributed by atoms with van der Waals surface area (Å²) in [7, 11) is 0. The molecular weight excluding hydrogens is 102 g/mol. The molecule has 0 amide bonds. The maximum Gasteiger partial charge on any atom is 0.217 e. The molecule has 1 aromatic rings. The van der Waals surface area contributed by atoms with Gasteiger partial charge in [-0.05, 0) is 18.6 Å². The first kappa shape index (κ1) is 5.09. The molecule has 0 aliphatic carbocycles. The van der Waals surface area contributed by atoms with Crippen LogP contribution in [-0.2, 0) is 4.79 Å². The lowest BCUT2D eigenvalue weighted by molar-refractivity contribution is 0.547. The van der Waals surface area contributed by atoms with Gasteiger partial charge in [0.25, 0.3) is 0 Å². The van der Waals surface area contributed by atoms with E-state index in [1.165, 1.54) is 4.57 Å². The SMILES string of the molecule is Cc1ccn(C=O)c1. The van der Waals surface area contributed by atoms with Gasteiger partial charge in [-0.15, -0.1) is 0 Å². The van der Waals surface area contributed by atoms with Gasteiger partial charge >= 0.3 is 0 Å². The molecule has 0 bridgehead atoms. The lowest BCUT2D eigenvalue weighted by atomic mass is 10.4. The molecule has 8 heavy (non-hydrogen) atoms. The summed E-state index contributed by atoms with van der Waals surface area (Å²) in [5.74, 6) is 0. The number of hydrogen-bond donors (Lipinski definition) is 0. The summed E-state index contributed by atoms with van der Waals surface area (Å²) >= 11 is 0. The van der Waals surface area contributed by atoms with E-state index >= 15 is 0 Å². The van der Waals surface area contributed by atoms with Crippen LogP contribution >= 0.6 is 0 Å². The van der Waals surface area contributed by atoms with Gasteiger partial charge in [0.2, 0.25) is 6.41 Å². The largest absolute Gasteiger partial charge is 0.297 e. The van der Waals surface area contributed by atoms with Gasteiger partial charge in [0.1, 0.15) is 0 Å². The third kappa shape index (κ3) is 0.780. The van der Waals surface area contributed by atoms with Gasteiger partial charge in [-0.2, -0.15) is 0 Å². The Labute approximate surface area is 47.7 Å². The van der Waals surface area contributed by atoms with Crippen molar-refractivity contribution in [2.24, 2.45) is 0 Å². The predicted molar refractivity (Wildman–Crippen MR) is 31.3 cm³/mol. The normalized spacial score (nSPS) is 9.12. The molecule has 0 radical (unpaired) electrons. The van der Waals surface area contributed by atoms with Crippen LogP contribution in [0, 0.1) is 6.92 Å². The minimum Gasteiger partial charge on any atom is -0.297 e. The van der Waals surface area contributed by atoms with Crippen LogP contribution in [0.4, 0.5) is 0 Å². The minimum atomic E-state index is 0.771. The Balaban J connectivity index is 3.00. The zero-order valence-corrected chi connectivity index (χ0v) is 4.66. The van der Waals surface area contributed by atoms with E-state index in [1.54, 1.807) is 12.4 Å². The summed E-state index contributed by atoms with van der Waals surface area (Å²) in [6, 6.07) is 1.88. The molecule has 0 saturated heterocycles. The molecule has 0 aliphatic rings. The Morgan fingerprint density at radius 1 is 1.75 bits per heavy atom. The molecule has 1 aromatic heterocycles. The first-order valence-electron chi connectivity index (χ1n) is 2.42. The van der Waals surface area contributed by atoms with Crippen LogP contribution in [0.15, 0.2) is 18.5 Å². The van der Waals surface area contributed by atoms with Gasteiger partial charge in [-0.3, -0.25) is 9.36 Å². The van der Waals surface area contributed by atoms with Crippen LogP contribution in [0.2, 0.25) is 0 Å². The van der Waals surface area contributed by atoms with Gasteiger partial charge in [-0.25, -0.2) is 0 Å². The average Bonchev–Trinajstić information content (AvgIpc) is 2.14. The van der Waals surface area contributed by atoms with Crippen LogP contribution in [0.3, 0.4) is 0 Å². The third-order valence-corrected chi connectivity index (χ3v) is 0.984. The first-order valence-corrected chi connectivity index (χ1v) is 2.42. The van der Waals surface area contributed by atoms with E-state index < -0.39 is 0 Å². The number of rotatable bonds is 1. The van der Waals surface area contributed by atoms with Crippen molar-refractivity contribution < 1.29 is 4.79 Å². The lowest BCUT2D eigenvalue weighted by Gasteiger charge is -1.79. The van der Waals surface area contributed by atoms with Crippen molar-refractivity contribution >= 4 is 6.41 Å². The van der Waals surface area contributed by atoms with Crippen molar-refractivity contribution in [1.29, 1.82) is 0 Å². The topological polar surface area (TPSA) is 22.0 Å². The second-order valence-electron chi connectivity index (χ2n) is 1.74. The number of nitrogens with zero attached hydrogens (tertiary/aromatic N) is 1. The zero-order valence-electron chi connectivity index (χ0n) is 4.66. The second kappa shape index (κ2) is 1.82. The van der Waals surface area contributed by atoms with Gasteiger partial charge in [0, 0.05) is 12.4 Å². The van der Waals surface area contributed by atoms with E-state index in [0.717, 1.165) is 12.0 Å². The van der Waals surface area contributed by atoms with E-state index in [-0.39, 0.29) is 0 Å².